The van der Waals surface area contributed by atoms with Crippen molar-refractivity contribution in [3.05, 3.63) is 40.3 Å². The van der Waals surface area contributed by atoms with Gasteiger partial charge >= 0.3 is 0 Å². The lowest BCUT2D eigenvalue weighted by Gasteiger charge is -2.00. The number of hydrogen-bond acceptors (Lipinski definition) is 1. The third-order valence-electron chi connectivity index (χ3n) is 1.93. The summed E-state index contributed by atoms with van der Waals surface area (Å²) >= 11 is 5.14. The quantitative estimate of drug-likeness (QED) is 0.634. The van der Waals surface area contributed by atoms with Crippen LogP contribution < -0.4 is 0 Å². The number of benzene rings is 1. The molecule has 2 aromatic rings. The summed E-state index contributed by atoms with van der Waals surface area (Å²) in [6.45, 7) is 1.90. The molecule has 0 aliphatic rings. The molecule has 1 aromatic heterocycles. The van der Waals surface area contributed by atoms with Crippen LogP contribution in [0, 0.1) is 17.3 Å². The van der Waals surface area contributed by atoms with Gasteiger partial charge in [0.15, 0.2) is 0 Å². The summed E-state index contributed by atoms with van der Waals surface area (Å²) in [5, 5.41) is 0.891. The first kappa shape index (κ1) is 8.38. The minimum Gasteiger partial charge on any atom is -0.359 e. The fraction of sp³-hybridized carbons (Fsp3) is 0.100. The van der Waals surface area contributed by atoms with E-state index in [2.05, 4.69) is 4.98 Å². The maximum absolute atomic E-state index is 12.8. The highest BCUT2D eigenvalue weighted by molar-refractivity contribution is 7.71. The number of aryl methyl sites for hydroxylation is 1. The summed E-state index contributed by atoms with van der Waals surface area (Å²) in [5.41, 5.74) is 1.70. The van der Waals surface area contributed by atoms with E-state index in [0.29, 0.717) is 0 Å². The third kappa shape index (κ3) is 1.47. The summed E-state index contributed by atoms with van der Waals surface area (Å²) in [6, 6.07) is 6.44. The van der Waals surface area contributed by atoms with Gasteiger partial charge in [-0.25, -0.2) is 4.39 Å². The number of aromatic amines is 1. The number of fused-ring (bicyclic) bond motifs is 1. The Hall–Kier alpha value is -1.22. The van der Waals surface area contributed by atoms with E-state index in [1.165, 1.54) is 12.1 Å². The molecule has 1 aromatic carbocycles. The molecular formula is C10H8FNS. The van der Waals surface area contributed by atoms with E-state index in [4.69, 9.17) is 12.2 Å². The van der Waals surface area contributed by atoms with Crippen molar-refractivity contribution in [2.24, 2.45) is 0 Å². The average molecular weight is 193 g/mol. The van der Waals surface area contributed by atoms with Crippen LogP contribution in [0.5, 0.6) is 0 Å². The third-order valence-corrected chi connectivity index (χ3v) is 2.26. The Labute approximate surface area is 80.2 Å². The highest BCUT2D eigenvalue weighted by atomic mass is 32.1. The minimum atomic E-state index is -0.247. The fourth-order valence-corrected chi connectivity index (χ4v) is 1.71. The van der Waals surface area contributed by atoms with Gasteiger partial charge in [-0.2, -0.15) is 0 Å². The van der Waals surface area contributed by atoms with Crippen molar-refractivity contribution in [2.45, 2.75) is 6.92 Å². The van der Waals surface area contributed by atoms with Crippen molar-refractivity contribution in [3.8, 4) is 0 Å². The molecule has 0 saturated heterocycles. The Morgan fingerprint density at radius 3 is 2.85 bits per heavy atom. The molecule has 0 aliphatic heterocycles. The van der Waals surface area contributed by atoms with E-state index < -0.39 is 0 Å². The molecule has 66 valence electrons. The second-order valence-electron chi connectivity index (χ2n) is 3.01. The fourth-order valence-electron chi connectivity index (χ4n) is 1.36. The predicted molar refractivity (Wildman–Crippen MR) is 53.8 cm³/mol. The minimum absolute atomic E-state index is 0.247. The van der Waals surface area contributed by atoms with E-state index in [9.17, 15) is 4.39 Å². The van der Waals surface area contributed by atoms with E-state index in [1.807, 2.05) is 13.0 Å². The van der Waals surface area contributed by atoms with E-state index in [1.54, 1.807) is 6.07 Å². The Bertz CT molecular complexity index is 511. The van der Waals surface area contributed by atoms with Crippen molar-refractivity contribution >= 4 is 23.1 Å². The zero-order valence-corrected chi connectivity index (χ0v) is 7.91. The van der Waals surface area contributed by atoms with Gasteiger partial charge in [0.05, 0.1) is 0 Å². The smallest absolute Gasteiger partial charge is 0.125 e. The molecule has 0 aliphatic carbocycles. The number of rotatable bonds is 0. The molecule has 1 nitrogen and oxygen atoms in total. The summed E-state index contributed by atoms with van der Waals surface area (Å²) in [4.78, 5) is 3.06. The number of hydrogen-bond donors (Lipinski definition) is 1. The van der Waals surface area contributed by atoms with Crippen LogP contribution in [0.3, 0.4) is 0 Å². The SMILES string of the molecule is Cc1cc(=S)c2ccc(F)cc2[nH]1. The molecule has 0 bridgehead atoms. The monoisotopic (exact) mass is 193 g/mol. The number of H-pyrrole nitrogens is 1. The molecule has 1 N–H and O–H groups in total. The van der Waals surface area contributed by atoms with Crippen molar-refractivity contribution in [2.75, 3.05) is 0 Å². The zero-order valence-electron chi connectivity index (χ0n) is 7.10. The van der Waals surface area contributed by atoms with E-state index in [0.717, 1.165) is 21.1 Å². The largest absolute Gasteiger partial charge is 0.359 e. The Kier molecular flexibility index (Phi) is 1.88. The zero-order chi connectivity index (χ0) is 9.42. The molecule has 0 spiro atoms. The summed E-state index contributed by atoms with van der Waals surface area (Å²) in [6.07, 6.45) is 0. The second kappa shape index (κ2) is 2.92. The van der Waals surface area contributed by atoms with Gasteiger partial charge in [0.2, 0.25) is 0 Å². The topological polar surface area (TPSA) is 15.8 Å². The van der Waals surface area contributed by atoms with Gasteiger partial charge in [0.25, 0.3) is 0 Å². The first-order chi connectivity index (χ1) is 6.16. The molecule has 0 saturated carbocycles. The number of nitrogens with one attached hydrogen (secondary N) is 1. The lowest BCUT2D eigenvalue weighted by molar-refractivity contribution is 0.629. The highest BCUT2D eigenvalue weighted by Crippen LogP contribution is 2.15. The van der Waals surface area contributed by atoms with Gasteiger partial charge in [-0.3, -0.25) is 0 Å². The highest BCUT2D eigenvalue weighted by Gasteiger charge is 1.98. The van der Waals surface area contributed by atoms with Gasteiger partial charge in [0, 0.05) is 21.1 Å². The van der Waals surface area contributed by atoms with Gasteiger partial charge in [-0.05, 0) is 31.2 Å². The molecule has 0 fully saturated rings. The lowest BCUT2D eigenvalue weighted by Crippen LogP contribution is -1.85. The van der Waals surface area contributed by atoms with Gasteiger partial charge in [-0.1, -0.05) is 12.2 Å². The molecule has 0 radical (unpaired) electrons. The molecule has 0 unspecified atom stereocenters. The van der Waals surface area contributed by atoms with Crippen molar-refractivity contribution in [1.29, 1.82) is 0 Å². The van der Waals surface area contributed by atoms with Gasteiger partial charge < -0.3 is 4.98 Å². The van der Waals surface area contributed by atoms with Crippen LogP contribution in [0.2, 0.25) is 0 Å². The summed E-state index contributed by atoms with van der Waals surface area (Å²) < 4.78 is 13.6. The standard InChI is InChI=1S/C10H8FNS/c1-6-4-10(13)8-3-2-7(11)5-9(8)12-6/h2-5H,1H3,(H,12,13). The summed E-state index contributed by atoms with van der Waals surface area (Å²) in [7, 11) is 0. The Balaban J connectivity index is 2.95. The Morgan fingerprint density at radius 1 is 1.31 bits per heavy atom. The molecule has 0 atom stereocenters. The molecule has 1 heterocycles. The molecule has 3 heteroatoms. The molecule has 2 rings (SSSR count). The van der Waals surface area contributed by atoms with Crippen molar-refractivity contribution < 1.29 is 4.39 Å². The van der Waals surface area contributed by atoms with Crippen LogP contribution in [0.25, 0.3) is 10.9 Å². The lowest BCUT2D eigenvalue weighted by atomic mass is 10.2. The van der Waals surface area contributed by atoms with Crippen LogP contribution in [0.1, 0.15) is 5.69 Å². The van der Waals surface area contributed by atoms with Gasteiger partial charge in [0.1, 0.15) is 5.82 Å². The second-order valence-corrected chi connectivity index (χ2v) is 3.45. The maximum atomic E-state index is 12.8. The predicted octanol–water partition coefficient (Wildman–Crippen LogP) is 3.34. The normalized spacial score (nSPS) is 10.6. The first-order valence-corrected chi connectivity index (χ1v) is 4.37. The Morgan fingerprint density at radius 2 is 2.08 bits per heavy atom. The van der Waals surface area contributed by atoms with Crippen LogP contribution in [-0.4, -0.2) is 4.98 Å². The van der Waals surface area contributed by atoms with Crippen molar-refractivity contribution in [3.63, 3.8) is 0 Å². The maximum Gasteiger partial charge on any atom is 0.125 e. The molecule has 0 amide bonds. The van der Waals surface area contributed by atoms with Gasteiger partial charge in [-0.15, -0.1) is 0 Å². The average Bonchev–Trinajstić information content (AvgIpc) is 2.02. The van der Waals surface area contributed by atoms with Crippen LogP contribution in [-0.2, 0) is 0 Å². The number of pyridine rings is 1. The van der Waals surface area contributed by atoms with E-state index >= 15 is 0 Å². The van der Waals surface area contributed by atoms with Crippen LogP contribution >= 0.6 is 12.2 Å². The van der Waals surface area contributed by atoms with E-state index in [-0.39, 0.29) is 5.82 Å². The number of aromatic nitrogens is 1. The summed E-state index contributed by atoms with van der Waals surface area (Å²) in [5.74, 6) is -0.247. The van der Waals surface area contributed by atoms with Crippen molar-refractivity contribution in [1.82, 2.24) is 4.98 Å². The molecular weight excluding hydrogens is 185 g/mol. The van der Waals surface area contributed by atoms with Crippen LogP contribution in [0.4, 0.5) is 4.39 Å². The first-order valence-electron chi connectivity index (χ1n) is 3.96. The molecule has 13 heavy (non-hydrogen) atoms. The number of halogens is 1. The van der Waals surface area contributed by atoms with Crippen LogP contribution in [0.15, 0.2) is 24.3 Å².